The van der Waals surface area contributed by atoms with Gasteiger partial charge in [-0.05, 0) is 33.6 Å². The van der Waals surface area contributed by atoms with Crippen LogP contribution in [0.3, 0.4) is 0 Å². The highest BCUT2D eigenvalue weighted by atomic mass is 35.5. The second kappa shape index (κ2) is 5.30. The third-order valence-corrected chi connectivity index (χ3v) is 4.25. The Kier molecular flexibility index (Phi) is 5.64. The minimum atomic E-state index is -0.600. The van der Waals surface area contributed by atoms with Crippen molar-refractivity contribution < 1.29 is 0 Å². The molecule has 0 bridgehead atoms. The normalized spacial score (nSPS) is 18.8. The molecule has 0 saturated carbocycles. The number of allylic oxidation sites excluding steroid dienone is 1. The van der Waals surface area contributed by atoms with Crippen molar-refractivity contribution in [1.29, 1.82) is 0 Å². The first-order valence-corrected chi connectivity index (χ1v) is 6.01. The average Bonchev–Trinajstić information content (AvgIpc) is 1.98. The quantitative estimate of drug-likeness (QED) is 0.611. The predicted octanol–water partition coefficient (Wildman–Crippen LogP) is 5.14. The third kappa shape index (κ3) is 5.11. The zero-order valence-corrected chi connectivity index (χ0v) is 11.7. The maximum Gasteiger partial charge on any atom is 0.0767 e. The van der Waals surface area contributed by atoms with Crippen LogP contribution in [0.1, 0.15) is 33.6 Å². The largest absolute Gasteiger partial charge is 0.121 e. The van der Waals surface area contributed by atoms with Gasteiger partial charge in [-0.3, -0.25) is 0 Å². The molecule has 0 aliphatic carbocycles. The van der Waals surface area contributed by atoms with Crippen LogP contribution in [-0.4, -0.2) is 15.1 Å². The first kappa shape index (κ1) is 14.9. The highest BCUT2D eigenvalue weighted by Crippen LogP contribution is 2.35. The molecule has 0 aromatic heterocycles. The molecule has 2 atom stereocenters. The van der Waals surface area contributed by atoms with Crippen LogP contribution in [0.5, 0.6) is 0 Å². The first-order valence-electron chi connectivity index (χ1n) is 4.44. The van der Waals surface area contributed by atoms with Crippen LogP contribution in [0, 0.1) is 0 Å². The fourth-order valence-corrected chi connectivity index (χ4v) is 1.30. The number of hydrogen-bond donors (Lipinski definition) is 0. The van der Waals surface area contributed by atoms with Crippen LogP contribution < -0.4 is 0 Å². The van der Waals surface area contributed by atoms with Gasteiger partial charge < -0.3 is 0 Å². The molecule has 0 aromatic rings. The van der Waals surface area contributed by atoms with E-state index < -0.39 is 9.75 Å². The molecular formula is C10H16Cl4. The van der Waals surface area contributed by atoms with Gasteiger partial charge in [-0.15, -0.1) is 34.8 Å². The lowest BCUT2D eigenvalue weighted by molar-refractivity contribution is 0.543. The Morgan fingerprint density at radius 2 is 1.71 bits per heavy atom. The van der Waals surface area contributed by atoms with Crippen LogP contribution in [0.4, 0.5) is 0 Å². The summed E-state index contributed by atoms with van der Waals surface area (Å²) in [6, 6.07) is 0. The molecule has 0 nitrogen and oxygen atoms in total. The van der Waals surface area contributed by atoms with Gasteiger partial charge in [-0.25, -0.2) is 0 Å². The van der Waals surface area contributed by atoms with Crippen LogP contribution in [0.25, 0.3) is 0 Å². The smallest absolute Gasteiger partial charge is 0.0767 e. The lowest BCUT2D eigenvalue weighted by Gasteiger charge is -2.27. The van der Waals surface area contributed by atoms with Crippen molar-refractivity contribution in [2.24, 2.45) is 0 Å². The molecule has 0 unspecified atom stereocenters. The maximum absolute atomic E-state index is 6.13. The Balaban J connectivity index is 4.13. The SMILES string of the molecule is C=C(Cl)[C@@](C)(Cl)CC[C@H](Cl)C(C)(C)Cl. The molecule has 14 heavy (non-hydrogen) atoms. The van der Waals surface area contributed by atoms with Crippen LogP contribution in [0.15, 0.2) is 11.6 Å². The van der Waals surface area contributed by atoms with E-state index in [2.05, 4.69) is 6.58 Å². The molecule has 4 heteroatoms. The van der Waals surface area contributed by atoms with E-state index in [4.69, 9.17) is 46.4 Å². The van der Waals surface area contributed by atoms with Gasteiger partial charge in [-0.1, -0.05) is 18.2 Å². The standard InChI is InChI=1S/C10H16Cl4/c1-7(11)10(4,14)6-5-8(12)9(2,3)13/h8H,1,5-6H2,2-4H3/t8-,10-/m0/s1. The van der Waals surface area contributed by atoms with Crippen molar-refractivity contribution in [3.8, 4) is 0 Å². The number of hydrogen-bond acceptors (Lipinski definition) is 0. The average molecular weight is 278 g/mol. The summed E-state index contributed by atoms with van der Waals surface area (Å²) in [6.45, 7) is 9.22. The fraction of sp³-hybridized carbons (Fsp3) is 0.800. The summed E-state index contributed by atoms with van der Waals surface area (Å²) in [7, 11) is 0. The molecule has 0 aliphatic rings. The van der Waals surface area contributed by atoms with Crippen LogP contribution in [-0.2, 0) is 0 Å². The molecule has 0 amide bonds. The van der Waals surface area contributed by atoms with Crippen molar-refractivity contribution in [3.63, 3.8) is 0 Å². The summed E-state index contributed by atoms with van der Waals surface area (Å²) in [6.07, 6.45) is 1.38. The molecule has 0 rings (SSSR count). The maximum atomic E-state index is 6.13. The van der Waals surface area contributed by atoms with Crippen molar-refractivity contribution in [2.45, 2.75) is 48.7 Å². The minimum Gasteiger partial charge on any atom is -0.121 e. The lowest BCUT2D eigenvalue weighted by atomic mass is 9.98. The van der Waals surface area contributed by atoms with E-state index in [-0.39, 0.29) is 5.38 Å². The van der Waals surface area contributed by atoms with Gasteiger partial charge >= 0.3 is 0 Å². The van der Waals surface area contributed by atoms with Gasteiger partial charge in [0.2, 0.25) is 0 Å². The van der Waals surface area contributed by atoms with E-state index in [9.17, 15) is 0 Å². The van der Waals surface area contributed by atoms with E-state index in [1.54, 1.807) is 0 Å². The monoisotopic (exact) mass is 276 g/mol. The Morgan fingerprint density at radius 1 is 1.29 bits per heavy atom. The molecule has 0 radical (unpaired) electrons. The van der Waals surface area contributed by atoms with Crippen molar-refractivity contribution in [3.05, 3.63) is 11.6 Å². The Bertz CT molecular complexity index is 203. The second-order valence-electron chi connectivity index (χ2n) is 4.17. The van der Waals surface area contributed by atoms with E-state index in [0.717, 1.165) is 0 Å². The predicted molar refractivity (Wildman–Crippen MR) is 68.1 cm³/mol. The van der Waals surface area contributed by atoms with Crippen molar-refractivity contribution in [1.82, 2.24) is 0 Å². The zero-order valence-electron chi connectivity index (χ0n) is 8.71. The van der Waals surface area contributed by atoms with Gasteiger partial charge in [0.05, 0.1) is 15.1 Å². The molecule has 84 valence electrons. The lowest BCUT2D eigenvalue weighted by Crippen LogP contribution is -2.28. The van der Waals surface area contributed by atoms with E-state index in [1.165, 1.54) is 0 Å². The zero-order chi connectivity index (χ0) is 11.6. The highest BCUT2D eigenvalue weighted by molar-refractivity contribution is 6.39. The van der Waals surface area contributed by atoms with Crippen molar-refractivity contribution >= 4 is 46.4 Å². The molecule has 0 N–H and O–H groups in total. The van der Waals surface area contributed by atoms with Gasteiger partial charge in [0, 0.05) is 5.03 Å². The molecule has 0 heterocycles. The summed E-state index contributed by atoms with van der Waals surface area (Å²) in [5.74, 6) is 0. The van der Waals surface area contributed by atoms with Crippen molar-refractivity contribution in [2.75, 3.05) is 0 Å². The second-order valence-corrected chi connectivity index (χ2v) is 6.96. The first-order chi connectivity index (χ1) is 6.07. The van der Waals surface area contributed by atoms with Gasteiger partial charge in [0.15, 0.2) is 0 Å². The Morgan fingerprint density at radius 3 is 2.00 bits per heavy atom. The number of halogens is 4. The summed E-state index contributed by atoms with van der Waals surface area (Å²) in [5.41, 5.74) is 0. The number of alkyl halides is 3. The Hall–Kier alpha value is 0.900. The summed E-state index contributed by atoms with van der Waals surface area (Å²) in [4.78, 5) is -1.03. The molecule has 0 spiro atoms. The van der Waals surface area contributed by atoms with Crippen LogP contribution >= 0.6 is 46.4 Å². The molecule has 0 aromatic carbocycles. The highest BCUT2D eigenvalue weighted by Gasteiger charge is 2.29. The summed E-state index contributed by atoms with van der Waals surface area (Å²) < 4.78 is 0. The van der Waals surface area contributed by atoms with Gasteiger partial charge in [-0.2, -0.15) is 0 Å². The number of rotatable bonds is 5. The molecule has 0 aliphatic heterocycles. The summed E-state index contributed by atoms with van der Waals surface area (Å²) in [5, 5.41) is 0.314. The third-order valence-electron chi connectivity index (χ3n) is 2.18. The molecule has 0 saturated heterocycles. The van der Waals surface area contributed by atoms with Crippen LogP contribution in [0.2, 0.25) is 0 Å². The molecule has 0 fully saturated rings. The topological polar surface area (TPSA) is 0 Å². The van der Waals surface area contributed by atoms with E-state index >= 15 is 0 Å². The Labute approximate surface area is 107 Å². The van der Waals surface area contributed by atoms with Gasteiger partial charge in [0.1, 0.15) is 0 Å². The van der Waals surface area contributed by atoms with E-state index in [0.29, 0.717) is 17.9 Å². The van der Waals surface area contributed by atoms with Gasteiger partial charge in [0.25, 0.3) is 0 Å². The summed E-state index contributed by atoms with van der Waals surface area (Å²) >= 11 is 24.1. The van der Waals surface area contributed by atoms with E-state index in [1.807, 2.05) is 20.8 Å². The molecular weight excluding hydrogens is 262 g/mol. The fourth-order valence-electron chi connectivity index (χ4n) is 0.877. The minimum absolute atomic E-state index is 0.127.